The number of rotatable bonds is 1. The normalized spacial score (nSPS) is 19.9. The van der Waals surface area contributed by atoms with Gasteiger partial charge in [0.05, 0.1) is 0 Å². The minimum Gasteiger partial charge on any atom is -0.0905 e. The highest BCUT2D eigenvalue weighted by atomic mass is 14.4. The summed E-state index contributed by atoms with van der Waals surface area (Å²) in [6.07, 6.45) is 4.49. The molecular weight excluding hydrogens is 252 g/mol. The Labute approximate surface area is 125 Å². The van der Waals surface area contributed by atoms with Gasteiger partial charge in [-0.05, 0) is 59.0 Å². The van der Waals surface area contributed by atoms with Crippen LogP contribution in [0.2, 0.25) is 0 Å². The highest BCUT2D eigenvalue weighted by Crippen LogP contribution is 2.50. The molecular formula is C21H18. The van der Waals surface area contributed by atoms with Crippen molar-refractivity contribution in [3.05, 3.63) is 83.9 Å². The summed E-state index contributed by atoms with van der Waals surface area (Å²) >= 11 is 0. The van der Waals surface area contributed by atoms with E-state index < -0.39 is 0 Å². The van der Waals surface area contributed by atoms with E-state index in [0.29, 0.717) is 0 Å². The topological polar surface area (TPSA) is 0 Å². The fraction of sp³-hybridized carbons (Fsp3) is 0.143. The SMILES string of the molecule is C/C=C/C1(C)c2ccccc2-c2cc3ccccc3cc21. The molecule has 0 amide bonds. The van der Waals surface area contributed by atoms with Gasteiger partial charge in [0, 0.05) is 5.41 Å². The van der Waals surface area contributed by atoms with Gasteiger partial charge in [0.1, 0.15) is 0 Å². The van der Waals surface area contributed by atoms with Crippen molar-refractivity contribution in [2.75, 3.05) is 0 Å². The standard InChI is InChI=1S/C21H18/c1-3-12-21(2)19-11-7-6-10-17(19)18-13-15-8-4-5-9-16(15)14-20(18)21/h3-14H,1-2H3/b12-3+. The first kappa shape index (κ1) is 12.4. The van der Waals surface area contributed by atoms with Crippen molar-refractivity contribution in [2.24, 2.45) is 0 Å². The van der Waals surface area contributed by atoms with Gasteiger partial charge in [-0.15, -0.1) is 0 Å². The van der Waals surface area contributed by atoms with Crippen molar-refractivity contribution in [3.63, 3.8) is 0 Å². The Kier molecular flexibility index (Phi) is 2.56. The van der Waals surface area contributed by atoms with Crippen molar-refractivity contribution in [2.45, 2.75) is 19.3 Å². The van der Waals surface area contributed by atoms with Crippen LogP contribution in [0.5, 0.6) is 0 Å². The van der Waals surface area contributed by atoms with E-state index in [9.17, 15) is 0 Å². The zero-order valence-electron chi connectivity index (χ0n) is 12.4. The molecule has 0 fully saturated rings. The molecule has 0 heteroatoms. The maximum Gasteiger partial charge on any atom is 0.0366 e. The molecule has 102 valence electrons. The average Bonchev–Trinajstić information content (AvgIpc) is 2.76. The van der Waals surface area contributed by atoms with E-state index >= 15 is 0 Å². The molecule has 3 aromatic rings. The van der Waals surface area contributed by atoms with Crippen LogP contribution >= 0.6 is 0 Å². The fourth-order valence-electron chi connectivity index (χ4n) is 3.72. The van der Waals surface area contributed by atoms with Crippen LogP contribution in [0.3, 0.4) is 0 Å². The van der Waals surface area contributed by atoms with E-state index in [4.69, 9.17) is 0 Å². The number of allylic oxidation sites excluding steroid dienone is 2. The van der Waals surface area contributed by atoms with E-state index in [1.165, 1.54) is 33.0 Å². The highest BCUT2D eigenvalue weighted by molar-refractivity contribution is 5.93. The molecule has 4 rings (SSSR count). The molecule has 0 spiro atoms. The first-order valence-corrected chi connectivity index (χ1v) is 7.51. The van der Waals surface area contributed by atoms with Gasteiger partial charge in [-0.2, -0.15) is 0 Å². The molecule has 0 saturated heterocycles. The summed E-state index contributed by atoms with van der Waals surface area (Å²) in [6, 6.07) is 22.1. The summed E-state index contributed by atoms with van der Waals surface area (Å²) in [5.74, 6) is 0. The first-order valence-electron chi connectivity index (χ1n) is 7.51. The summed E-state index contributed by atoms with van der Waals surface area (Å²) in [6.45, 7) is 4.43. The summed E-state index contributed by atoms with van der Waals surface area (Å²) < 4.78 is 0. The van der Waals surface area contributed by atoms with Gasteiger partial charge in [-0.3, -0.25) is 0 Å². The second kappa shape index (κ2) is 4.33. The van der Waals surface area contributed by atoms with Gasteiger partial charge in [0.2, 0.25) is 0 Å². The largest absolute Gasteiger partial charge is 0.0905 e. The van der Waals surface area contributed by atoms with Crippen molar-refractivity contribution < 1.29 is 0 Å². The van der Waals surface area contributed by atoms with E-state index in [1.807, 2.05) is 0 Å². The Bertz CT molecular complexity index is 870. The molecule has 0 heterocycles. The molecule has 0 radical (unpaired) electrons. The van der Waals surface area contributed by atoms with E-state index in [1.54, 1.807) is 0 Å². The van der Waals surface area contributed by atoms with Crippen molar-refractivity contribution >= 4 is 10.8 Å². The number of hydrogen-bond acceptors (Lipinski definition) is 0. The number of benzene rings is 3. The molecule has 21 heavy (non-hydrogen) atoms. The van der Waals surface area contributed by atoms with E-state index in [-0.39, 0.29) is 5.41 Å². The minimum atomic E-state index is -0.0231. The lowest BCUT2D eigenvalue weighted by molar-refractivity contribution is 0.747. The van der Waals surface area contributed by atoms with Crippen molar-refractivity contribution in [1.29, 1.82) is 0 Å². The Morgan fingerprint density at radius 2 is 1.43 bits per heavy atom. The summed E-state index contributed by atoms with van der Waals surface area (Å²) in [5.41, 5.74) is 5.56. The van der Waals surface area contributed by atoms with E-state index in [0.717, 1.165) is 0 Å². The second-order valence-electron chi connectivity index (χ2n) is 5.99. The average molecular weight is 270 g/mol. The third kappa shape index (κ3) is 1.62. The molecule has 0 bridgehead atoms. The third-order valence-electron chi connectivity index (χ3n) is 4.72. The zero-order chi connectivity index (χ0) is 14.4. The lowest BCUT2D eigenvalue weighted by Crippen LogP contribution is -2.17. The molecule has 0 aromatic heterocycles. The third-order valence-corrected chi connectivity index (χ3v) is 4.72. The lowest BCUT2D eigenvalue weighted by Gasteiger charge is -2.23. The van der Waals surface area contributed by atoms with Gasteiger partial charge < -0.3 is 0 Å². The van der Waals surface area contributed by atoms with Crippen LogP contribution < -0.4 is 0 Å². The molecule has 0 aliphatic heterocycles. The first-order chi connectivity index (χ1) is 10.2. The molecule has 3 aromatic carbocycles. The molecule has 0 nitrogen and oxygen atoms in total. The van der Waals surface area contributed by atoms with Gasteiger partial charge in [0.15, 0.2) is 0 Å². The summed E-state index contributed by atoms with van der Waals surface area (Å²) in [5, 5.41) is 2.63. The number of hydrogen-bond donors (Lipinski definition) is 0. The zero-order valence-corrected chi connectivity index (χ0v) is 12.4. The van der Waals surface area contributed by atoms with Gasteiger partial charge in [-0.1, -0.05) is 60.7 Å². The molecule has 0 N–H and O–H groups in total. The second-order valence-corrected chi connectivity index (χ2v) is 5.99. The predicted molar refractivity (Wildman–Crippen MR) is 90.7 cm³/mol. The van der Waals surface area contributed by atoms with Crippen LogP contribution in [0.4, 0.5) is 0 Å². The van der Waals surface area contributed by atoms with Crippen molar-refractivity contribution in [1.82, 2.24) is 0 Å². The molecule has 1 aliphatic carbocycles. The lowest BCUT2D eigenvalue weighted by atomic mass is 9.79. The van der Waals surface area contributed by atoms with Crippen LogP contribution in [-0.4, -0.2) is 0 Å². The minimum absolute atomic E-state index is 0.0231. The molecule has 1 aliphatic rings. The fourth-order valence-corrected chi connectivity index (χ4v) is 3.72. The van der Waals surface area contributed by atoms with Crippen molar-refractivity contribution in [3.8, 4) is 11.1 Å². The van der Waals surface area contributed by atoms with Crippen LogP contribution in [0, 0.1) is 0 Å². The quantitative estimate of drug-likeness (QED) is 0.497. The van der Waals surface area contributed by atoms with E-state index in [2.05, 4.69) is 86.7 Å². The molecule has 1 atom stereocenters. The maximum atomic E-state index is 2.37. The maximum absolute atomic E-state index is 2.37. The Hall–Kier alpha value is -2.34. The monoisotopic (exact) mass is 270 g/mol. The van der Waals surface area contributed by atoms with Gasteiger partial charge >= 0.3 is 0 Å². The smallest absolute Gasteiger partial charge is 0.0366 e. The van der Waals surface area contributed by atoms with Crippen LogP contribution in [0.25, 0.3) is 21.9 Å². The van der Waals surface area contributed by atoms with Gasteiger partial charge in [-0.25, -0.2) is 0 Å². The molecule has 1 unspecified atom stereocenters. The number of fused-ring (bicyclic) bond motifs is 4. The van der Waals surface area contributed by atoms with Crippen LogP contribution in [0.15, 0.2) is 72.8 Å². The summed E-state index contributed by atoms with van der Waals surface area (Å²) in [7, 11) is 0. The predicted octanol–water partition coefficient (Wildman–Crippen LogP) is 5.70. The molecule has 0 saturated carbocycles. The van der Waals surface area contributed by atoms with Crippen LogP contribution in [-0.2, 0) is 5.41 Å². The highest BCUT2D eigenvalue weighted by Gasteiger charge is 2.36. The Morgan fingerprint density at radius 3 is 2.19 bits per heavy atom. The Balaban J connectivity index is 2.14. The van der Waals surface area contributed by atoms with Gasteiger partial charge in [0.25, 0.3) is 0 Å². The Morgan fingerprint density at radius 1 is 0.762 bits per heavy atom. The summed E-state index contributed by atoms with van der Waals surface area (Å²) in [4.78, 5) is 0. The van der Waals surface area contributed by atoms with Crippen LogP contribution in [0.1, 0.15) is 25.0 Å².